The number of pyridine rings is 2. The van der Waals surface area contributed by atoms with E-state index in [-0.39, 0.29) is 24.6 Å². The molecule has 10 heteroatoms. The van der Waals surface area contributed by atoms with Gasteiger partial charge in [0.05, 0.1) is 36.6 Å². The number of amides is 2. The lowest BCUT2D eigenvalue weighted by atomic mass is 9.86. The van der Waals surface area contributed by atoms with Crippen molar-refractivity contribution in [2.45, 2.75) is 49.5 Å². The topological polar surface area (TPSA) is 122 Å². The Labute approximate surface area is 317 Å². The predicted molar refractivity (Wildman–Crippen MR) is 203 cm³/mol. The summed E-state index contributed by atoms with van der Waals surface area (Å²) in [6.07, 6.45) is 1.41. The fourth-order valence-corrected chi connectivity index (χ4v) is 8.04. The Hall–Kier alpha value is -6.33. The molecule has 272 valence electrons. The van der Waals surface area contributed by atoms with Gasteiger partial charge in [-0.3, -0.25) is 24.4 Å². The van der Waals surface area contributed by atoms with Crippen LogP contribution in [0.15, 0.2) is 152 Å². The Bertz CT molecular complexity index is 2410. The summed E-state index contributed by atoms with van der Waals surface area (Å²) < 4.78 is 13.6. The van der Waals surface area contributed by atoms with Crippen LogP contribution in [0.4, 0.5) is 11.4 Å². The minimum absolute atomic E-state index is 0.0952. The summed E-state index contributed by atoms with van der Waals surface area (Å²) in [5.41, 5.74) is 2.20. The van der Waals surface area contributed by atoms with E-state index < -0.39 is 41.7 Å². The molecular formula is C45H36N4O6. The molecule has 1 saturated heterocycles. The van der Waals surface area contributed by atoms with Gasteiger partial charge >= 0.3 is 0 Å². The van der Waals surface area contributed by atoms with Crippen LogP contribution in [0.3, 0.4) is 0 Å². The molecule has 10 nitrogen and oxygen atoms in total. The summed E-state index contributed by atoms with van der Waals surface area (Å²) in [4.78, 5) is 54.2. The highest BCUT2D eigenvalue weighted by Crippen LogP contribution is 2.54. The smallest absolute Gasteiger partial charge is 0.264 e. The van der Waals surface area contributed by atoms with Crippen molar-refractivity contribution in [2.24, 2.45) is 0 Å². The minimum Gasteiger partial charge on any atom is -0.375 e. The Kier molecular flexibility index (Phi) is 8.65. The lowest BCUT2D eigenvalue weighted by Crippen LogP contribution is -2.47. The molecule has 0 saturated carbocycles. The molecule has 6 aromatic rings. The number of anilines is 2. The van der Waals surface area contributed by atoms with Gasteiger partial charge in [-0.1, -0.05) is 97.1 Å². The fraction of sp³-hybridized carbons (Fsp3) is 0.178. The number of fused-ring (bicyclic) bond motifs is 3. The van der Waals surface area contributed by atoms with Gasteiger partial charge in [0, 0.05) is 35.5 Å². The third-order valence-corrected chi connectivity index (χ3v) is 10.7. The third-order valence-electron chi connectivity index (χ3n) is 10.7. The minimum atomic E-state index is -2.07. The molecule has 0 aliphatic carbocycles. The normalized spacial score (nSPS) is 22.9. The molecule has 3 aliphatic rings. The van der Waals surface area contributed by atoms with Crippen molar-refractivity contribution in [1.29, 1.82) is 0 Å². The van der Waals surface area contributed by atoms with Gasteiger partial charge < -0.3 is 24.4 Å². The maximum Gasteiger partial charge on any atom is 0.264 e. The zero-order valence-electron chi connectivity index (χ0n) is 29.7. The highest BCUT2D eigenvalue weighted by atomic mass is 16.7. The number of hydrogen-bond acceptors (Lipinski definition) is 8. The number of hydrogen-bond donors (Lipinski definition) is 1. The maximum atomic E-state index is 14.8. The standard InChI is InChI=1S/C45H36N4O6/c50-39(35-19-8-10-23-46-35)26-44(53)33-17-4-6-21-37(33)48(42(44)51)29-31-15-12-16-32(25-31)41-54-40(36-20-9-11-24-47-36)27-45(55-41)34-18-5-7-22-38(34)49(43(45)52)28-30-13-2-1-3-14-30/h1-25,40-41,53H,26-29H2. The number of benzene rings is 4. The zero-order chi connectivity index (χ0) is 37.6. The van der Waals surface area contributed by atoms with E-state index in [4.69, 9.17) is 9.47 Å². The molecule has 2 amide bonds. The van der Waals surface area contributed by atoms with Crippen molar-refractivity contribution in [3.05, 3.63) is 191 Å². The molecule has 1 fully saturated rings. The monoisotopic (exact) mass is 728 g/mol. The van der Waals surface area contributed by atoms with Crippen molar-refractivity contribution >= 4 is 29.0 Å². The van der Waals surface area contributed by atoms with E-state index >= 15 is 0 Å². The second-order valence-electron chi connectivity index (χ2n) is 14.1. The van der Waals surface area contributed by atoms with E-state index in [2.05, 4.69) is 9.97 Å². The van der Waals surface area contributed by atoms with Gasteiger partial charge in [0.15, 0.2) is 23.3 Å². The molecule has 4 aromatic carbocycles. The van der Waals surface area contributed by atoms with Crippen LogP contribution in [-0.2, 0) is 43.4 Å². The first-order valence-electron chi connectivity index (χ1n) is 18.2. The van der Waals surface area contributed by atoms with Gasteiger partial charge in [-0.05, 0) is 53.6 Å². The van der Waals surface area contributed by atoms with Crippen LogP contribution < -0.4 is 9.80 Å². The summed E-state index contributed by atoms with van der Waals surface area (Å²) in [6.45, 7) is 0.472. The first-order chi connectivity index (χ1) is 26.8. The van der Waals surface area contributed by atoms with Gasteiger partial charge in [0.1, 0.15) is 11.8 Å². The summed E-state index contributed by atoms with van der Waals surface area (Å²) in [6, 6.07) is 42.6. The van der Waals surface area contributed by atoms with Crippen LogP contribution in [0, 0.1) is 0 Å². The summed E-state index contributed by atoms with van der Waals surface area (Å²) >= 11 is 0. The number of carbonyl (C=O) groups excluding carboxylic acids is 3. The second kappa shape index (κ2) is 13.8. The zero-order valence-corrected chi connectivity index (χ0v) is 29.7. The summed E-state index contributed by atoms with van der Waals surface area (Å²) in [7, 11) is 0. The Morgan fingerprint density at radius 1 is 0.691 bits per heavy atom. The Morgan fingerprint density at radius 3 is 2.07 bits per heavy atom. The van der Waals surface area contributed by atoms with Crippen LogP contribution >= 0.6 is 0 Å². The number of nitrogens with zero attached hydrogens (tertiary/aromatic N) is 4. The Balaban J connectivity index is 1.05. The van der Waals surface area contributed by atoms with Gasteiger partial charge in [0.2, 0.25) is 0 Å². The van der Waals surface area contributed by atoms with Crippen molar-refractivity contribution in [2.75, 3.05) is 9.80 Å². The summed E-state index contributed by atoms with van der Waals surface area (Å²) in [5.74, 6) is -1.22. The van der Waals surface area contributed by atoms with Crippen LogP contribution in [0.1, 0.15) is 69.2 Å². The number of ether oxygens (including phenoxy) is 2. The average molecular weight is 729 g/mol. The van der Waals surface area contributed by atoms with E-state index in [9.17, 15) is 19.5 Å². The van der Waals surface area contributed by atoms with Crippen LogP contribution in [0.25, 0.3) is 0 Å². The number of ketones is 1. The number of Topliss-reactive ketones (excluding diaryl/α,β-unsaturated/α-hetero) is 1. The van der Waals surface area contributed by atoms with Crippen molar-refractivity contribution < 1.29 is 29.0 Å². The quantitative estimate of drug-likeness (QED) is 0.157. The van der Waals surface area contributed by atoms with Crippen molar-refractivity contribution in [3.63, 3.8) is 0 Å². The number of aromatic nitrogens is 2. The van der Waals surface area contributed by atoms with Crippen LogP contribution in [-0.4, -0.2) is 32.7 Å². The number of para-hydroxylation sites is 2. The molecule has 55 heavy (non-hydrogen) atoms. The number of carbonyl (C=O) groups is 3. The van der Waals surface area contributed by atoms with Gasteiger partial charge in [-0.2, -0.15) is 0 Å². The molecule has 9 rings (SSSR count). The molecule has 1 spiro atoms. The van der Waals surface area contributed by atoms with E-state index in [1.807, 2.05) is 97.1 Å². The van der Waals surface area contributed by atoms with Gasteiger partial charge in [-0.15, -0.1) is 0 Å². The molecule has 5 heterocycles. The highest BCUT2D eigenvalue weighted by molar-refractivity contribution is 6.10. The molecule has 4 unspecified atom stereocenters. The SMILES string of the molecule is O=C(CC1(O)C(=O)N(Cc2cccc(C3OC(c4ccccn4)CC4(O3)C(=O)N(Cc3ccccc3)c3ccccc34)c2)c2ccccc21)c1ccccn1. The number of rotatable bonds is 9. The van der Waals surface area contributed by atoms with E-state index in [1.54, 1.807) is 53.6 Å². The predicted octanol–water partition coefficient (Wildman–Crippen LogP) is 7.10. The molecule has 4 atom stereocenters. The first kappa shape index (κ1) is 34.4. The second-order valence-corrected chi connectivity index (χ2v) is 14.1. The molecular weight excluding hydrogens is 693 g/mol. The van der Waals surface area contributed by atoms with Gasteiger partial charge in [-0.25, -0.2) is 0 Å². The maximum absolute atomic E-state index is 14.8. The highest BCUT2D eigenvalue weighted by Gasteiger charge is 2.57. The first-order valence-corrected chi connectivity index (χ1v) is 18.2. The lowest BCUT2D eigenvalue weighted by molar-refractivity contribution is -0.285. The van der Waals surface area contributed by atoms with Gasteiger partial charge in [0.25, 0.3) is 11.8 Å². The van der Waals surface area contributed by atoms with Crippen molar-refractivity contribution in [3.8, 4) is 0 Å². The van der Waals surface area contributed by atoms with Crippen molar-refractivity contribution in [1.82, 2.24) is 9.97 Å². The van der Waals surface area contributed by atoms with Crippen LogP contribution in [0.5, 0.6) is 0 Å². The number of aliphatic hydroxyl groups is 1. The largest absolute Gasteiger partial charge is 0.375 e. The average Bonchev–Trinajstić information content (AvgIpc) is 3.57. The molecule has 0 bridgehead atoms. The van der Waals surface area contributed by atoms with E-state index in [0.29, 0.717) is 29.1 Å². The molecule has 3 aliphatic heterocycles. The molecule has 2 aromatic heterocycles. The fourth-order valence-electron chi connectivity index (χ4n) is 8.04. The third kappa shape index (κ3) is 6.01. The van der Waals surface area contributed by atoms with E-state index in [1.165, 1.54) is 11.1 Å². The van der Waals surface area contributed by atoms with Crippen LogP contribution in [0.2, 0.25) is 0 Å². The molecule has 1 N–H and O–H groups in total. The molecule has 0 radical (unpaired) electrons. The van der Waals surface area contributed by atoms with E-state index in [0.717, 1.165) is 22.4 Å². The summed E-state index contributed by atoms with van der Waals surface area (Å²) in [5, 5.41) is 11.9. The Morgan fingerprint density at radius 2 is 1.33 bits per heavy atom. The lowest BCUT2D eigenvalue weighted by Gasteiger charge is -2.41.